The van der Waals surface area contributed by atoms with E-state index in [-0.39, 0.29) is 17.3 Å². The van der Waals surface area contributed by atoms with Crippen LogP contribution >= 0.6 is 0 Å². The van der Waals surface area contributed by atoms with Crippen molar-refractivity contribution in [3.63, 3.8) is 0 Å². The fraction of sp³-hybridized carbons (Fsp3) is 0.133. The third-order valence-electron chi connectivity index (χ3n) is 3.24. The summed E-state index contributed by atoms with van der Waals surface area (Å²) in [4.78, 5) is 23.1. The van der Waals surface area contributed by atoms with Gasteiger partial charge < -0.3 is 14.7 Å². The van der Waals surface area contributed by atoms with Gasteiger partial charge in [-0.3, -0.25) is 4.79 Å². The summed E-state index contributed by atoms with van der Waals surface area (Å²) in [6.07, 6.45) is 3.34. The first-order valence-corrected chi connectivity index (χ1v) is 6.44. The van der Waals surface area contributed by atoms with Crippen molar-refractivity contribution < 1.29 is 5.11 Å². The second-order valence-corrected chi connectivity index (χ2v) is 4.84. The fourth-order valence-electron chi connectivity index (χ4n) is 2.22. The summed E-state index contributed by atoms with van der Waals surface area (Å²) in [5.41, 5.74) is 1.40. The molecular formula is C15H14N4O2. The summed E-state index contributed by atoms with van der Waals surface area (Å²) in [5, 5.41) is 10.1. The molecule has 0 atom stereocenters. The van der Waals surface area contributed by atoms with E-state index in [2.05, 4.69) is 15.0 Å². The van der Waals surface area contributed by atoms with Gasteiger partial charge in [0.15, 0.2) is 11.6 Å². The second-order valence-electron chi connectivity index (χ2n) is 4.84. The Balaban J connectivity index is 2.18. The van der Waals surface area contributed by atoms with Gasteiger partial charge in [0.05, 0.1) is 0 Å². The van der Waals surface area contributed by atoms with Gasteiger partial charge in [0.25, 0.3) is 5.56 Å². The van der Waals surface area contributed by atoms with Crippen LogP contribution in [0.15, 0.2) is 41.5 Å². The average molecular weight is 282 g/mol. The van der Waals surface area contributed by atoms with Gasteiger partial charge in [-0.2, -0.15) is 4.98 Å². The zero-order valence-electron chi connectivity index (χ0n) is 11.7. The average Bonchev–Trinajstić information content (AvgIpc) is 2.84. The van der Waals surface area contributed by atoms with Gasteiger partial charge in [-0.05, 0) is 12.5 Å². The van der Waals surface area contributed by atoms with E-state index in [4.69, 9.17) is 0 Å². The van der Waals surface area contributed by atoms with Crippen LogP contribution in [0.1, 0.15) is 5.56 Å². The van der Waals surface area contributed by atoms with Crippen molar-refractivity contribution in [1.82, 2.24) is 19.5 Å². The maximum Gasteiger partial charge on any atom is 0.263 e. The number of rotatable bonds is 2. The van der Waals surface area contributed by atoms with Crippen LogP contribution in [0.25, 0.3) is 22.8 Å². The van der Waals surface area contributed by atoms with E-state index in [0.29, 0.717) is 11.4 Å². The van der Waals surface area contributed by atoms with Gasteiger partial charge in [-0.1, -0.05) is 29.8 Å². The van der Waals surface area contributed by atoms with E-state index in [0.717, 1.165) is 5.56 Å². The smallest absolute Gasteiger partial charge is 0.263 e. The van der Waals surface area contributed by atoms with Crippen LogP contribution in [-0.2, 0) is 7.05 Å². The van der Waals surface area contributed by atoms with E-state index in [1.54, 1.807) is 30.1 Å². The molecule has 3 aromatic rings. The Kier molecular flexibility index (Phi) is 3.06. The highest BCUT2D eigenvalue weighted by molar-refractivity contribution is 5.69. The lowest BCUT2D eigenvalue weighted by Gasteiger charge is -2.07. The Morgan fingerprint density at radius 1 is 1.33 bits per heavy atom. The Bertz CT molecular complexity index is 864. The molecule has 0 aliphatic heterocycles. The number of aromatic nitrogens is 4. The Labute approximate surface area is 120 Å². The van der Waals surface area contributed by atoms with Crippen LogP contribution in [-0.4, -0.2) is 24.6 Å². The first-order chi connectivity index (χ1) is 10.1. The topological polar surface area (TPSA) is 83.8 Å². The number of aromatic hydroxyl groups is 1. The number of aryl methyl sites for hydroxylation is 2. The SMILES string of the molecule is Cc1cccc(-c2c(O)nc(-c3nccn3C)[nH]c2=O)c1. The summed E-state index contributed by atoms with van der Waals surface area (Å²) < 4.78 is 1.71. The Morgan fingerprint density at radius 3 is 2.76 bits per heavy atom. The number of nitrogens with zero attached hydrogens (tertiary/aromatic N) is 3. The van der Waals surface area contributed by atoms with Crippen LogP contribution in [0.2, 0.25) is 0 Å². The predicted octanol–water partition coefficient (Wildman–Crippen LogP) is 1.85. The maximum atomic E-state index is 12.3. The van der Waals surface area contributed by atoms with E-state index >= 15 is 0 Å². The molecule has 0 aliphatic rings. The van der Waals surface area contributed by atoms with Crippen LogP contribution in [0, 0.1) is 6.92 Å². The van der Waals surface area contributed by atoms with Gasteiger partial charge >= 0.3 is 0 Å². The Hall–Kier alpha value is -2.89. The molecule has 0 bridgehead atoms. The minimum Gasteiger partial charge on any atom is -0.493 e. The number of aromatic amines is 1. The summed E-state index contributed by atoms with van der Waals surface area (Å²) in [7, 11) is 1.79. The normalized spacial score (nSPS) is 10.8. The van der Waals surface area contributed by atoms with E-state index in [1.165, 1.54) is 0 Å². The van der Waals surface area contributed by atoms with Crippen LogP contribution in [0.5, 0.6) is 5.88 Å². The van der Waals surface area contributed by atoms with Gasteiger partial charge in [-0.15, -0.1) is 0 Å². The first kappa shape index (κ1) is 13.1. The lowest BCUT2D eigenvalue weighted by molar-refractivity contribution is 0.454. The van der Waals surface area contributed by atoms with E-state index in [9.17, 15) is 9.90 Å². The molecule has 2 N–H and O–H groups in total. The molecule has 0 fully saturated rings. The molecule has 0 spiro atoms. The molecule has 0 unspecified atom stereocenters. The summed E-state index contributed by atoms with van der Waals surface area (Å²) in [6.45, 7) is 1.92. The molecule has 0 amide bonds. The van der Waals surface area contributed by atoms with Crippen LogP contribution in [0.4, 0.5) is 0 Å². The third kappa shape index (κ3) is 2.31. The monoisotopic (exact) mass is 282 g/mol. The second kappa shape index (κ2) is 4.90. The minimum atomic E-state index is -0.397. The van der Waals surface area contributed by atoms with Gasteiger partial charge in [0.1, 0.15) is 5.56 Å². The molecule has 2 aromatic heterocycles. The van der Waals surface area contributed by atoms with Crippen molar-refractivity contribution in [2.24, 2.45) is 7.05 Å². The van der Waals surface area contributed by atoms with Gasteiger partial charge in [0, 0.05) is 19.4 Å². The lowest BCUT2D eigenvalue weighted by atomic mass is 10.1. The number of hydrogen-bond donors (Lipinski definition) is 2. The van der Waals surface area contributed by atoms with Crippen molar-refractivity contribution in [1.29, 1.82) is 0 Å². The Morgan fingerprint density at radius 2 is 2.14 bits per heavy atom. The van der Waals surface area contributed by atoms with Crippen molar-refractivity contribution >= 4 is 0 Å². The fourth-order valence-corrected chi connectivity index (χ4v) is 2.22. The molecule has 6 nitrogen and oxygen atoms in total. The van der Waals surface area contributed by atoms with Gasteiger partial charge in [0.2, 0.25) is 5.88 Å². The number of imidazole rings is 1. The molecule has 6 heteroatoms. The number of benzene rings is 1. The maximum absolute atomic E-state index is 12.3. The molecule has 0 saturated carbocycles. The largest absolute Gasteiger partial charge is 0.493 e. The number of nitrogens with one attached hydrogen (secondary N) is 1. The number of H-pyrrole nitrogens is 1. The summed E-state index contributed by atoms with van der Waals surface area (Å²) >= 11 is 0. The minimum absolute atomic E-state index is 0.164. The molecule has 0 radical (unpaired) electrons. The van der Waals surface area contributed by atoms with Gasteiger partial charge in [-0.25, -0.2) is 4.98 Å². The number of hydrogen-bond acceptors (Lipinski definition) is 4. The van der Waals surface area contributed by atoms with Crippen LogP contribution in [0.3, 0.4) is 0 Å². The van der Waals surface area contributed by atoms with Crippen molar-refractivity contribution in [2.45, 2.75) is 6.92 Å². The summed E-state index contributed by atoms with van der Waals surface area (Å²) in [6, 6.07) is 7.34. The molecular weight excluding hydrogens is 268 g/mol. The highest BCUT2D eigenvalue weighted by Crippen LogP contribution is 2.25. The van der Waals surface area contributed by atoms with E-state index < -0.39 is 5.56 Å². The zero-order chi connectivity index (χ0) is 15.0. The van der Waals surface area contributed by atoms with Crippen molar-refractivity contribution in [2.75, 3.05) is 0 Å². The lowest BCUT2D eigenvalue weighted by Crippen LogP contribution is -2.13. The van der Waals surface area contributed by atoms with Crippen molar-refractivity contribution in [3.8, 4) is 28.7 Å². The highest BCUT2D eigenvalue weighted by Gasteiger charge is 2.15. The molecule has 3 rings (SSSR count). The van der Waals surface area contributed by atoms with Crippen LogP contribution < -0.4 is 5.56 Å². The molecule has 1 aromatic carbocycles. The molecule has 0 saturated heterocycles. The molecule has 0 aliphatic carbocycles. The predicted molar refractivity (Wildman–Crippen MR) is 78.9 cm³/mol. The highest BCUT2D eigenvalue weighted by atomic mass is 16.3. The molecule has 21 heavy (non-hydrogen) atoms. The van der Waals surface area contributed by atoms with E-state index in [1.807, 2.05) is 25.1 Å². The molecule has 2 heterocycles. The standard InChI is InChI=1S/C15H14N4O2/c1-9-4-3-5-10(8-9)11-14(20)17-12(18-15(11)21)13-16-6-7-19(13)2/h3-8H,1-2H3,(H2,17,18,20,21). The third-order valence-corrected chi connectivity index (χ3v) is 3.24. The zero-order valence-corrected chi connectivity index (χ0v) is 11.7. The van der Waals surface area contributed by atoms with Crippen molar-refractivity contribution in [3.05, 3.63) is 52.6 Å². The first-order valence-electron chi connectivity index (χ1n) is 6.44. The summed E-state index contributed by atoms with van der Waals surface area (Å²) in [5.74, 6) is 0.418. The quantitative estimate of drug-likeness (QED) is 0.751. The molecule has 106 valence electrons.